The fraction of sp³-hybridized carbons (Fsp3) is 0.321. The van der Waals surface area contributed by atoms with Gasteiger partial charge in [-0.2, -0.15) is 0 Å². The molecule has 2 nitrogen and oxygen atoms in total. The third-order valence-corrected chi connectivity index (χ3v) is 6.02. The van der Waals surface area contributed by atoms with Gasteiger partial charge in [0, 0.05) is 30.5 Å². The van der Waals surface area contributed by atoms with Crippen molar-refractivity contribution in [1.29, 1.82) is 0 Å². The van der Waals surface area contributed by atoms with Gasteiger partial charge in [0.05, 0.1) is 0 Å². The number of hydrogen-bond acceptors (Lipinski definition) is 2. The topological polar surface area (TPSA) is 29.1 Å². The van der Waals surface area contributed by atoms with Crippen molar-refractivity contribution >= 4 is 5.78 Å². The number of nitrogens with one attached hydrogen (secondary N) is 1. The highest BCUT2D eigenvalue weighted by atomic mass is 16.1. The van der Waals surface area contributed by atoms with Crippen LogP contribution in [0.1, 0.15) is 65.7 Å². The Morgan fingerprint density at radius 1 is 0.900 bits per heavy atom. The maximum atomic E-state index is 12.8. The molecular weight excluding hydrogens is 366 g/mol. The molecule has 4 rings (SSSR count). The molecule has 3 aromatic carbocycles. The summed E-state index contributed by atoms with van der Waals surface area (Å²) in [4.78, 5) is 12.8. The van der Waals surface area contributed by atoms with E-state index in [-0.39, 0.29) is 11.2 Å². The average molecular weight is 398 g/mol. The van der Waals surface area contributed by atoms with Gasteiger partial charge in [0.25, 0.3) is 0 Å². The van der Waals surface area contributed by atoms with Crippen LogP contribution in [0.3, 0.4) is 0 Å². The van der Waals surface area contributed by atoms with Gasteiger partial charge in [-0.05, 0) is 40.2 Å². The van der Waals surface area contributed by atoms with Gasteiger partial charge in [-0.3, -0.25) is 4.79 Å². The van der Waals surface area contributed by atoms with E-state index in [1.807, 2.05) is 18.2 Å². The first-order valence-corrected chi connectivity index (χ1v) is 10.9. The van der Waals surface area contributed by atoms with E-state index >= 15 is 0 Å². The number of rotatable bonds is 7. The van der Waals surface area contributed by atoms with Crippen molar-refractivity contribution in [3.63, 3.8) is 0 Å². The van der Waals surface area contributed by atoms with Crippen LogP contribution in [0.15, 0.2) is 78.9 Å². The second-order valence-corrected chi connectivity index (χ2v) is 9.49. The van der Waals surface area contributed by atoms with Crippen molar-refractivity contribution in [1.82, 2.24) is 5.32 Å². The molecule has 0 radical (unpaired) electrons. The van der Waals surface area contributed by atoms with Crippen LogP contribution >= 0.6 is 0 Å². The van der Waals surface area contributed by atoms with E-state index < -0.39 is 0 Å². The minimum Gasteiger partial charge on any atom is -0.309 e. The molecule has 0 aromatic heterocycles. The fourth-order valence-electron chi connectivity index (χ4n) is 3.96. The van der Waals surface area contributed by atoms with Crippen molar-refractivity contribution in [2.75, 3.05) is 0 Å². The smallest absolute Gasteiger partial charge is 0.167 e. The summed E-state index contributed by atoms with van der Waals surface area (Å²) in [6.45, 7) is 7.45. The van der Waals surface area contributed by atoms with Gasteiger partial charge in [0.1, 0.15) is 0 Å². The van der Waals surface area contributed by atoms with Crippen LogP contribution in [0.25, 0.3) is 0 Å². The molecule has 2 atom stereocenters. The number of benzene rings is 3. The summed E-state index contributed by atoms with van der Waals surface area (Å²) in [5, 5.41) is 3.65. The second-order valence-electron chi connectivity index (χ2n) is 9.49. The van der Waals surface area contributed by atoms with Crippen molar-refractivity contribution in [3.05, 3.63) is 107 Å². The maximum absolute atomic E-state index is 12.8. The average Bonchev–Trinajstić information content (AvgIpc) is 3.53. The predicted molar refractivity (Wildman–Crippen MR) is 124 cm³/mol. The molecule has 3 aromatic rings. The van der Waals surface area contributed by atoms with E-state index in [9.17, 15) is 4.79 Å². The van der Waals surface area contributed by atoms with Gasteiger partial charge in [0.2, 0.25) is 0 Å². The minimum absolute atomic E-state index is 0.0489. The molecule has 0 amide bonds. The Hall–Kier alpha value is -2.71. The fourth-order valence-corrected chi connectivity index (χ4v) is 3.96. The molecule has 1 N–H and O–H groups in total. The summed E-state index contributed by atoms with van der Waals surface area (Å²) in [6, 6.07) is 27.8. The number of carbonyl (C=O) groups is 1. The molecular formula is C28H31NO. The largest absolute Gasteiger partial charge is 0.309 e. The zero-order chi connectivity index (χ0) is 21.1. The lowest BCUT2D eigenvalue weighted by Crippen LogP contribution is -2.17. The predicted octanol–water partition coefficient (Wildman–Crippen LogP) is 6.06. The molecule has 0 aliphatic heterocycles. The monoisotopic (exact) mass is 397 g/mol. The van der Waals surface area contributed by atoms with Crippen molar-refractivity contribution in [2.24, 2.45) is 0 Å². The van der Waals surface area contributed by atoms with E-state index in [1.165, 1.54) is 23.1 Å². The first kappa shape index (κ1) is 20.6. The highest BCUT2D eigenvalue weighted by molar-refractivity contribution is 5.97. The van der Waals surface area contributed by atoms with Gasteiger partial charge in [-0.25, -0.2) is 0 Å². The van der Waals surface area contributed by atoms with Gasteiger partial charge in [-0.1, -0.05) is 93.6 Å². The molecule has 154 valence electrons. The third-order valence-electron chi connectivity index (χ3n) is 6.02. The van der Waals surface area contributed by atoms with Crippen LogP contribution in [0.2, 0.25) is 0 Å². The number of carbonyl (C=O) groups excluding carboxylic acids is 1. The Labute approximate surface area is 180 Å². The zero-order valence-corrected chi connectivity index (χ0v) is 18.2. The van der Waals surface area contributed by atoms with Crippen LogP contribution in [-0.4, -0.2) is 11.8 Å². The molecule has 0 saturated heterocycles. The second kappa shape index (κ2) is 8.57. The molecule has 0 heterocycles. The Morgan fingerprint density at radius 2 is 1.63 bits per heavy atom. The Balaban J connectivity index is 1.33. The number of Topliss-reactive ketones (excluding diaryl/α,β-unsaturated/α-hetero) is 1. The molecule has 2 heteroatoms. The van der Waals surface area contributed by atoms with Gasteiger partial charge in [0.15, 0.2) is 5.78 Å². The normalized spacial score (nSPS) is 18.2. The van der Waals surface area contributed by atoms with Crippen molar-refractivity contribution in [2.45, 2.75) is 57.5 Å². The van der Waals surface area contributed by atoms with Gasteiger partial charge >= 0.3 is 0 Å². The summed E-state index contributed by atoms with van der Waals surface area (Å²) >= 11 is 0. The molecule has 0 spiro atoms. The SMILES string of the molecule is CC(C)(C)c1cccc(C(=O)Cc2ccc(C3CC3NCc3ccccc3)cc2)c1. The standard InChI is InChI=1S/C28H31NO/c1-28(2,3)24-11-7-10-23(17-24)27(30)16-20-12-14-22(15-13-20)25-18-26(25)29-19-21-8-5-4-6-9-21/h4-15,17,25-26,29H,16,18-19H2,1-3H3. The molecule has 1 fully saturated rings. The van der Waals surface area contributed by atoms with Gasteiger partial charge in [-0.15, -0.1) is 0 Å². The molecule has 2 unspecified atom stereocenters. The quantitative estimate of drug-likeness (QED) is 0.491. The maximum Gasteiger partial charge on any atom is 0.167 e. The van der Waals surface area contributed by atoms with Crippen LogP contribution in [0.5, 0.6) is 0 Å². The summed E-state index contributed by atoms with van der Waals surface area (Å²) < 4.78 is 0. The highest BCUT2D eigenvalue weighted by Crippen LogP contribution is 2.41. The molecule has 1 saturated carbocycles. The van der Waals surface area contributed by atoms with E-state index in [2.05, 4.69) is 86.8 Å². The molecule has 0 bridgehead atoms. The third kappa shape index (κ3) is 5.06. The summed E-state index contributed by atoms with van der Waals surface area (Å²) in [5.74, 6) is 0.768. The number of ketones is 1. The van der Waals surface area contributed by atoms with E-state index in [4.69, 9.17) is 0 Å². The summed E-state index contributed by atoms with van der Waals surface area (Å²) in [6.07, 6.45) is 1.64. The molecule has 1 aliphatic rings. The Bertz CT molecular complexity index is 999. The van der Waals surface area contributed by atoms with E-state index in [0.29, 0.717) is 18.4 Å². The summed E-state index contributed by atoms with van der Waals surface area (Å²) in [7, 11) is 0. The van der Waals surface area contributed by atoms with Crippen LogP contribution in [0, 0.1) is 0 Å². The van der Waals surface area contributed by atoms with Crippen molar-refractivity contribution in [3.8, 4) is 0 Å². The summed E-state index contributed by atoms with van der Waals surface area (Å²) in [5.41, 5.74) is 5.83. The lowest BCUT2D eigenvalue weighted by molar-refractivity contribution is 0.0993. The van der Waals surface area contributed by atoms with Crippen LogP contribution < -0.4 is 5.32 Å². The highest BCUT2D eigenvalue weighted by Gasteiger charge is 2.37. The van der Waals surface area contributed by atoms with Crippen LogP contribution in [-0.2, 0) is 18.4 Å². The zero-order valence-electron chi connectivity index (χ0n) is 18.2. The van der Waals surface area contributed by atoms with E-state index in [1.54, 1.807) is 0 Å². The van der Waals surface area contributed by atoms with Crippen LogP contribution in [0.4, 0.5) is 0 Å². The van der Waals surface area contributed by atoms with Gasteiger partial charge < -0.3 is 5.32 Å². The lowest BCUT2D eigenvalue weighted by Gasteiger charge is -2.19. The molecule has 1 aliphatic carbocycles. The first-order chi connectivity index (χ1) is 14.4. The lowest BCUT2D eigenvalue weighted by atomic mass is 9.85. The minimum atomic E-state index is 0.0489. The first-order valence-electron chi connectivity index (χ1n) is 10.9. The Kier molecular flexibility index (Phi) is 5.87. The van der Waals surface area contributed by atoms with E-state index in [0.717, 1.165) is 17.7 Å². The molecule has 30 heavy (non-hydrogen) atoms. The number of hydrogen-bond donors (Lipinski definition) is 1. The Morgan fingerprint density at radius 3 is 2.33 bits per heavy atom. The van der Waals surface area contributed by atoms with Crippen molar-refractivity contribution < 1.29 is 4.79 Å².